The Kier molecular flexibility index (Phi) is 4.85. The van der Waals surface area contributed by atoms with E-state index in [9.17, 15) is 23.1 Å². The van der Waals surface area contributed by atoms with Gasteiger partial charge in [-0.15, -0.1) is 0 Å². The highest BCUT2D eigenvalue weighted by Crippen LogP contribution is 2.37. The van der Waals surface area contributed by atoms with E-state index < -0.39 is 35.2 Å². The van der Waals surface area contributed by atoms with Gasteiger partial charge in [-0.2, -0.15) is 13.2 Å². The van der Waals surface area contributed by atoms with E-state index in [1.54, 1.807) is 0 Å². The Morgan fingerprint density at radius 2 is 1.44 bits per heavy atom. The first-order valence-electron chi connectivity index (χ1n) is 5.64. The molecule has 0 rings (SSSR count). The summed E-state index contributed by atoms with van der Waals surface area (Å²) in [4.78, 5) is 11.6. The van der Waals surface area contributed by atoms with Crippen molar-refractivity contribution in [2.45, 2.75) is 59.4 Å². The molecule has 18 heavy (non-hydrogen) atoms. The number of halogens is 3. The van der Waals surface area contributed by atoms with Crippen LogP contribution in [0, 0.1) is 11.3 Å². The Bertz CT molecular complexity index is 297. The van der Waals surface area contributed by atoms with Gasteiger partial charge in [0.2, 0.25) is 0 Å². The number of carbonyl (C=O) groups is 1. The van der Waals surface area contributed by atoms with Crippen LogP contribution in [-0.2, 0) is 9.53 Å². The lowest BCUT2D eigenvalue weighted by Gasteiger charge is -2.34. The summed E-state index contributed by atoms with van der Waals surface area (Å²) in [5, 5.41) is 9.73. The largest absolute Gasteiger partial charge is 0.459 e. The molecule has 0 heterocycles. The zero-order valence-corrected chi connectivity index (χ0v) is 11.6. The minimum absolute atomic E-state index is 1.03. The summed E-state index contributed by atoms with van der Waals surface area (Å²) < 4.78 is 43.3. The summed E-state index contributed by atoms with van der Waals surface area (Å²) in [6.07, 6.45) is -6.69. The van der Waals surface area contributed by atoms with E-state index in [2.05, 4.69) is 0 Å². The first-order chi connectivity index (χ1) is 7.66. The second-order valence-electron chi connectivity index (χ2n) is 6.36. The van der Waals surface area contributed by atoms with Crippen molar-refractivity contribution >= 4 is 5.97 Å². The van der Waals surface area contributed by atoms with E-state index in [1.807, 2.05) is 0 Å². The van der Waals surface area contributed by atoms with E-state index in [0.717, 1.165) is 0 Å². The van der Waals surface area contributed by atoms with E-state index in [-0.39, 0.29) is 0 Å². The number of carbonyl (C=O) groups excluding carboxylic acids is 1. The second kappa shape index (κ2) is 5.07. The highest BCUT2D eigenvalue weighted by atomic mass is 19.4. The molecule has 6 heteroatoms. The van der Waals surface area contributed by atoms with Gasteiger partial charge in [0.1, 0.15) is 5.60 Å². The molecule has 0 aliphatic carbocycles. The molecule has 0 saturated heterocycles. The third-order valence-corrected chi connectivity index (χ3v) is 2.22. The summed E-state index contributed by atoms with van der Waals surface area (Å²) in [6, 6.07) is 0. The van der Waals surface area contributed by atoms with Crippen LogP contribution in [0.25, 0.3) is 0 Å². The van der Waals surface area contributed by atoms with Crippen molar-refractivity contribution in [3.8, 4) is 0 Å². The minimum atomic E-state index is -4.84. The van der Waals surface area contributed by atoms with Crippen molar-refractivity contribution in [2.24, 2.45) is 11.3 Å². The van der Waals surface area contributed by atoms with Gasteiger partial charge in [-0.1, -0.05) is 20.8 Å². The molecule has 2 atom stereocenters. The molecule has 0 aliphatic rings. The number of alkyl halides is 3. The van der Waals surface area contributed by atoms with Crippen LogP contribution < -0.4 is 0 Å². The summed E-state index contributed by atoms with van der Waals surface area (Å²) in [5.41, 5.74) is -2.10. The fourth-order valence-electron chi connectivity index (χ4n) is 1.31. The van der Waals surface area contributed by atoms with Crippen molar-refractivity contribution in [2.75, 3.05) is 0 Å². The first kappa shape index (κ1) is 17.2. The fraction of sp³-hybridized carbons (Fsp3) is 0.917. The quantitative estimate of drug-likeness (QED) is 0.785. The molecule has 0 spiro atoms. The number of aliphatic hydroxyl groups excluding tert-OH is 1. The second-order valence-corrected chi connectivity index (χ2v) is 6.36. The fourth-order valence-corrected chi connectivity index (χ4v) is 1.31. The highest BCUT2D eigenvalue weighted by Gasteiger charge is 2.54. The first-order valence-corrected chi connectivity index (χ1v) is 5.64. The maximum absolute atomic E-state index is 12.9. The molecule has 108 valence electrons. The number of hydrogen-bond donors (Lipinski definition) is 1. The summed E-state index contributed by atoms with van der Waals surface area (Å²) in [5.74, 6) is -3.98. The summed E-state index contributed by atoms with van der Waals surface area (Å²) >= 11 is 0. The van der Waals surface area contributed by atoms with Gasteiger partial charge in [-0.3, -0.25) is 4.79 Å². The van der Waals surface area contributed by atoms with Crippen molar-refractivity contribution < 1.29 is 27.8 Å². The van der Waals surface area contributed by atoms with Crippen LogP contribution >= 0.6 is 0 Å². The smallest absolute Gasteiger partial charge is 0.404 e. The Labute approximate surface area is 105 Å². The lowest BCUT2D eigenvalue weighted by molar-refractivity contribution is -0.229. The van der Waals surface area contributed by atoms with E-state index >= 15 is 0 Å². The van der Waals surface area contributed by atoms with Crippen molar-refractivity contribution in [3.05, 3.63) is 0 Å². The zero-order chi connectivity index (χ0) is 14.9. The van der Waals surface area contributed by atoms with Gasteiger partial charge in [0.15, 0.2) is 5.92 Å². The van der Waals surface area contributed by atoms with Gasteiger partial charge in [0.25, 0.3) is 0 Å². The predicted octanol–water partition coefficient (Wildman–Crippen LogP) is 2.91. The predicted molar refractivity (Wildman–Crippen MR) is 60.9 cm³/mol. The highest BCUT2D eigenvalue weighted by molar-refractivity contribution is 5.74. The number of rotatable bonds is 2. The summed E-state index contributed by atoms with van der Waals surface area (Å²) in [7, 11) is 0. The van der Waals surface area contributed by atoms with E-state index in [0.29, 0.717) is 0 Å². The van der Waals surface area contributed by atoms with Gasteiger partial charge < -0.3 is 9.84 Å². The maximum Gasteiger partial charge on any atom is 0.404 e. The van der Waals surface area contributed by atoms with Gasteiger partial charge in [-0.05, 0) is 26.2 Å². The Morgan fingerprint density at radius 1 is 1.06 bits per heavy atom. The third-order valence-electron chi connectivity index (χ3n) is 2.22. The Balaban J connectivity index is 5.22. The monoisotopic (exact) mass is 270 g/mol. The van der Waals surface area contributed by atoms with Crippen LogP contribution in [-0.4, -0.2) is 29.0 Å². The molecular weight excluding hydrogens is 249 g/mol. The molecule has 0 aromatic heterocycles. The summed E-state index contributed by atoms with van der Waals surface area (Å²) in [6.45, 7) is 8.72. The molecule has 1 N–H and O–H groups in total. The van der Waals surface area contributed by atoms with Gasteiger partial charge in [0, 0.05) is 0 Å². The Morgan fingerprint density at radius 3 is 1.67 bits per heavy atom. The van der Waals surface area contributed by atoms with Gasteiger partial charge in [-0.25, -0.2) is 0 Å². The maximum atomic E-state index is 12.9. The number of aliphatic hydroxyl groups is 1. The van der Waals surface area contributed by atoms with Crippen molar-refractivity contribution in [1.82, 2.24) is 0 Å². The lowest BCUT2D eigenvalue weighted by atomic mass is 9.81. The molecule has 0 amide bonds. The van der Waals surface area contributed by atoms with Crippen LogP contribution in [0.3, 0.4) is 0 Å². The molecule has 0 saturated carbocycles. The molecular formula is C12H21F3O3. The number of hydrogen-bond acceptors (Lipinski definition) is 3. The molecule has 3 nitrogen and oxygen atoms in total. The SMILES string of the molecule is CC(C)(C)OC(=O)[C@@H]([C@@H](O)C(C)(C)C)C(F)(F)F. The Hall–Kier alpha value is -0.780. The minimum Gasteiger partial charge on any atom is -0.459 e. The molecule has 0 fully saturated rings. The molecule has 0 unspecified atom stereocenters. The lowest BCUT2D eigenvalue weighted by Crippen LogP contribution is -2.48. The topological polar surface area (TPSA) is 46.5 Å². The molecule has 0 bridgehead atoms. The number of esters is 1. The standard InChI is InChI=1S/C12H21F3O3/c1-10(2,3)8(16)7(12(13,14)15)9(17)18-11(4,5)6/h7-8,16H,1-6H3/t7-,8-/m1/s1. The van der Waals surface area contributed by atoms with E-state index in [1.165, 1.54) is 41.5 Å². The zero-order valence-electron chi connectivity index (χ0n) is 11.6. The molecule has 0 radical (unpaired) electrons. The number of ether oxygens (including phenoxy) is 1. The van der Waals surface area contributed by atoms with Crippen molar-refractivity contribution in [1.29, 1.82) is 0 Å². The average Bonchev–Trinajstić information content (AvgIpc) is 1.94. The third kappa shape index (κ3) is 5.25. The van der Waals surface area contributed by atoms with E-state index in [4.69, 9.17) is 4.74 Å². The van der Waals surface area contributed by atoms with Crippen LogP contribution in [0.15, 0.2) is 0 Å². The average molecular weight is 270 g/mol. The molecule has 0 aliphatic heterocycles. The molecule has 0 aromatic rings. The van der Waals surface area contributed by atoms with Gasteiger partial charge >= 0.3 is 12.1 Å². The van der Waals surface area contributed by atoms with Gasteiger partial charge in [0.05, 0.1) is 6.10 Å². The van der Waals surface area contributed by atoms with Crippen LogP contribution in [0.2, 0.25) is 0 Å². The molecule has 0 aromatic carbocycles. The van der Waals surface area contributed by atoms with Crippen LogP contribution in [0.1, 0.15) is 41.5 Å². The van der Waals surface area contributed by atoms with Crippen LogP contribution in [0.5, 0.6) is 0 Å². The normalized spacial score (nSPS) is 17.2. The van der Waals surface area contributed by atoms with Crippen molar-refractivity contribution in [3.63, 3.8) is 0 Å². The van der Waals surface area contributed by atoms with Crippen LogP contribution in [0.4, 0.5) is 13.2 Å².